The third kappa shape index (κ3) is 5.33. The number of piperazine rings is 1. The Bertz CT molecular complexity index is 1310. The van der Waals surface area contributed by atoms with Crippen molar-refractivity contribution in [3.8, 4) is 17.0 Å². The molecule has 9 nitrogen and oxygen atoms in total. The summed E-state index contributed by atoms with van der Waals surface area (Å²) in [5, 5.41) is 0. The largest absolute Gasteiger partial charge is 0.492 e. The normalized spacial score (nSPS) is 15.9. The van der Waals surface area contributed by atoms with Gasteiger partial charge in [-0.15, -0.1) is 0 Å². The molecule has 35 heavy (non-hydrogen) atoms. The minimum absolute atomic E-state index is 0.0723. The molecule has 3 N–H and O–H groups in total. The van der Waals surface area contributed by atoms with Gasteiger partial charge >= 0.3 is 0 Å². The predicted molar refractivity (Wildman–Crippen MR) is 138 cm³/mol. The van der Waals surface area contributed by atoms with Crippen molar-refractivity contribution in [2.75, 3.05) is 60.9 Å². The van der Waals surface area contributed by atoms with Crippen LogP contribution in [-0.2, 0) is 22.9 Å². The molecule has 2 heterocycles. The molecule has 5 rings (SSSR count). The summed E-state index contributed by atoms with van der Waals surface area (Å²) >= 11 is 0. The molecular formula is C25H30N6O3S. The Morgan fingerprint density at radius 3 is 2.57 bits per heavy atom. The lowest BCUT2D eigenvalue weighted by atomic mass is 9.88. The van der Waals surface area contributed by atoms with E-state index in [0.717, 1.165) is 67.2 Å². The van der Waals surface area contributed by atoms with Crippen LogP contribution in [0.25, 0.3) is 11.3 Å². The molecule has 2 aromatic carbocycles. The van der Waals surface area contributed by atoms with Gasteiger partial charge < -0.3 is 20.3 Å². The average Bonchev–Trinajstić information content (AvgIpc) is 2.84. The standard InChI is InChI=1S/C25H30N6O3S/c1-30-11-13-31(14-12-30)24-22-9-7-18-17-19(8-10-21(18)23(22)27-25(26)28-24)29-35(32,33)16-15-34-20-5-3-2-4-6-20/h2-6,8,10,17,29H,7,9,11-16H2,1H3,(H2,26,27,28). The second kappa shape index (κ2) is 9.71. The second-order valence-electron chi connectivity index (χ2n) is 8.98. The van der Waals surface area contributed by atoms with Crippen LogP contribution in [0, 0.1) is 0 Å². The quantitative estimate of drug-likeness (QED) is 0.515. The van der Waals surface area contributed by atoms with Gasteiger partial charge in [0.05, 0.1) is 5.69 Å². The average molecular weight is 495 g/mol. The van der Waals surface area contributed by atoms with Crippen molar-refractivity contribution in [1.29, 1.82) is 0 Å². The van der Waals surface area contributed by atoms with Crippen molar-refractivity contribution < 1.29 is 13.2 Å². The maximum Gasteiger partial charge on any atom is 0.236 e. The summed E-state index contributed by atoms with van der Waals surface area (Å²) < 4.78 is 33.4. The number of aromatic nitrogens is 2. The molecule has 1 aliphatic heterocycles. The van der Waals surface area contributed by atoms with E-state index in [0.29, 0.717) is 11.4 Å². The minimum atomic E-state index is -3.56. The zero-order valence-electron chi connectivity index (χ0n) is 19.8. The lowest BCUT2D eigenvalue weighted by Gasteiger charge is -2.35. The number of nitrogens with two attached hydrogens (primary N) is 1. The Balaban J connectivity index is 1.32. The highest BCUT2D eigenvalue weighted by Gasteiger charge is 2.26. The molecule has 1 aromatic heterocycles. The van der Waals surface area contributed by atoms with E-state index >= 15 is 0 Å². The maximum atomic E-state index is 12.6. The van der Waals surface area contributed by atoms with Crippen LogP contribution in [-0.4, -0.2) is 68.9 Å². The van der Waals surface area contributed by atoms with E-state index in [1.165, 1.54) is 0 Å². The fraction of sp³-hybridized carbons (Fsp3) is 0.360. The summed E-state index contributed by atoms with van der Waals surface area (Å²) in [6.07, 6.45) is 1.56. The topological polar surface area (TPSA) is 114 Å². The highest BCUT2D eigenvalue weighted by molar-refractivity contribution is 7.92. The number of anilines is 3. The minimum Gasteiger partial charge on any atom is -0.492 e. The van der Waals surface area contributed by atoms with Crippen LogP contribution in [0.4, 0.5) is 17.5 Å². The van der Waals surface area contributed by atoms with Crippen molar-refractivity contribution >= 4 is 27.5 Å². The first-order valence-electron chi connectivity index (χ1n) is 11.8. The van der Waals surface area contributed by atoms with Crippen molar-refractivity contribution in [2.24, 2.45) is 0 Å². The molecule has 0 bridgehead atoms. The third-order valence-corrected chi connectivity index (χ3v) is 7.70. The maximum absolute atomic E-state index is 12.6. The number of para-hydroxylation sites is 1. The molecule has 2 aliphatic rings. The van der Waals surface area contributed by atoms with Crippen molar-refractivity contribution in [3.63, 3.8) is 0 Å². The van der Waals surface area contributed by atoms with E-state index in [1.54, 1.807) is 18.2 Å². The number of benzene rings is 2. The Kier molecular flexibility index (Phi) is 6.48. The Hall–Kier alpha value is -3.37. The Morgan fingerprint density at radius 2 is 1.80 bits per heavy atom. The molecule has 0 saturated carbocycles. The van der Waals surface area contributed by atoms with Gasteiger partial charge in [0.25, 0.3) is 0 Å². The van der Waals surface area contributed by atoms with Crippen molar-refractivity contribution in [1.82, 2.24) is 14.9 Å². The van der Waals surface area contributed by atoms with Crippen molar-refractivity contribution in [3.05, 3.63) is 59.7 Å². The molecule has 184 valence electrons. The summed E-state index contributed by atoms with van der Waals surface area (Å²) in [6.45, 7) is 3.84. The van der Waals surface area contributed by atoms with E-state index in [4.69, 9.17) is 10.5 Å². The van der Waals surface area contributed by atoms with E-state index in [-0.39, 0.29) is 18.3 Å². The van der Waals surface area contributed by atoms with Crippen LogP contribution in [0.15, 0.2) is 48.5 Å². The van der Waals surface area contributed by atoms with Gasteiger partial charge in [0.2, 0.25) is 16.0 Å². The summed E-state index contributed by atoms with van der Waals surface area (Å²) in [7, 11) is -1.43. The summed E-state index contributed by atoms with van der Waals surface area (Å²) in [5.41, 5.74) is 10.6. The van der Waals surface area contributed by atoms with Gasteiger partial charge in [-0.25, -0.2) is 13.4 Å². The fourth-order valence-electron chi connectivity index (χ4n) is 4.59. The molecular weight excluding hydrogens is 464 g/mol. The number of likely N-dealkylation sites (N-methyl/N-ethyl adjacent to an activating group) is 1. The molecule has 1 aliphatic carbocycles. The number of hydrogen-bond donors (Lipinski definition) is 2. The fourth-order valence-corrected chi connectivity index (χ4v) is 5.48. The van der Waals surface area contributed by atoms with E-state index < -0.39 is 10.0 Å². The van der Waals surface area contributed by atoms with Crippen LogP contribution in [0.2, 0.25) is 0 Å². The summed E-state index contributed by atoms with van der Waals surface area (Å²) in [6, 6.07) is 14.8. The van der Waals surface area contributed by atoms with Crippen LogP contribution in [0.5, 0.6) is 5.75 Å². The highest BCUT2D eigenvalue weighted by atomic mass is 32.2. The molecule has 0 amide bonds. The number of fused-ring (bicyclic) bond motifs is 3. The zero-order chi connectivity index (χ0) is 24.4. The number of nitrogens with one attached hydrogen (secondary N) is 1. The van der Waals surface area contributed by atoms with Crippen LogP contribution >= 0.6 is 0 Å². The number of nitrogens with zero attached hydrogens (tertiary/aromatic N) is 4. The lowest BCUT2D eigenvalue weighted by Crippen LogP contribution is -2.45. The van der Waals surface area contributed by atoms with Gasteiger partial charge in [-0.2, -0.15) is 4.98 Å². The van der Waals surface area contributed by atoms with Crippen molar-refractivity contribution in [2.45, 2.75) is 12.8 Å². The number of sulfonamides is 1. The van der Waals surface area contributed by atoms with Crippen LogP contribution in [0.3, 0.4) is 0 Å². The molecule has 10 heteroatoms. The van der Waals surface area contributed by atoms with Crippen LogP contribution < -0.4 is 20.1 Å². The smallest absolute Gasteiger partial charge is 0.236 e. The number of hydrogen-bond acceptors (Lipinski definition) is 8. The molecule has 1 fully saturated rings. The SMILES string of the molecule is CN1CCN(c2nc(N)nc3c2CCc2cc(NS(=O)(=O)CCOc4ccccc4)ccc2-3)CC1. The number of aryl methyl sites for hydroxylation is 1. The number of rotatable bonds is 7. The molecule has 3 aromatic rings. The first-order valence-corrected chi connectivity index (χ1v) is 13.4. The molecule has 0 spiro atoms. The van der Waals surface area contributed by atoms with Gasteiger partial charge in [0.1, 0.15) is 23.9 Å². The number of ether oxygens (including phenoxy) is 1. The van der Waals surface area contributed by atoms with Gasteiger partial charge in [-0.05, 0) is 49.7 Å². The summed E-state index contributed by atoms with van der Waals surface area (Å²) in [4.78, 5) is 13.8. The molecule has 1 saturated heterocycles. The number of nitrogen functional groups attached to an aromatic ring is 1. The predicted octanol–water partition coefficient (Wildman–Crippen LogP) is 2.40. The highest BCUT2D eigenvalue weighted by Crippen LogP contribution is 2.38. The van der Waals surface area contributed by atoms with Gasteiger partial charge in [0, 0.05) is 43.0 Å². The molecule has 0 atom stereocenters. The van der Waals surface area contributed by atoms with E-state index in [2.05, 4.69) is 31.5 Å². The Labute approximate surface area is 206 Å². The van der Waals surface area contributed by atoms with Gasteiger partial charge in [0.15, 0.2) is 0 Å². The molecule has 0 radical (unpaired) electrons. The van der Waals surface area contributed by atoms with E-state index in [9.17, 15) is 8.42 Å². The second-order valence-corrected chi connectivity index (χ2v) is 10.8. The van der Waals surface area contributed by atoms with Crippen LogP contribution in [0.1, 0.15) is 11.1 Å². The Morgan fingerprint density at radius 1 is 1.03 bits per heavy atom. The zero-order valence-corrected chi connectivity index (χ0v) is 20.6. The first-order chi connectivity index (χ1) is 16.9. The van der Waals surface area contributed by atoms with Gasteiger partial charge in [-0.1, -0.05) is 24.3 Å². The monoisotopic (exact) mass is 494 g/mol. The first kappa shape index (κ1) is 23.4. The summed E-state index contributed by atoms with van der Waals surface area (Å²) in [5.74, 6) is 1.69. The lowest BCUT2D eigenvalue weighted by molar-refractivity contribution is 0.312. The van der Waals surface area contributed by atoms with Gasteiger partial charge in [-0.3, -0.25) is 4.72 Å². The molecule has 0 unspecified atom stereocenters. The third-order valence-electron chi connectivity index (χ3n) is 6.45. The van der Waals surface area contributed by atoms with E-state index in [1.807, 2.05) is 30.3 Å².